The second-order valence-electron chi connectivity index (χ2n) is 6.17. The second-order valence-corrected chi connectivity index (χ2v) is 8.00. The number of carbonyl (C=O) groups is 1. The molecule has 4 rings (SSSR count). The Hall–Kier alpha value is -3.00. The van der Waals surface area contributed by atoms with Gasteiger partial charge in [-0.05, 0) is 37.4 Å². The van der Waals surface area contributed by atoms with Gasteiger partial charge in [0.2, 0.25) is 11.9 Å². The second kappa shape index (κ2) is 5.77. The molecule has 1 aromatic heterocycles. The van der Waals surface area contributed by atoms with Crippen molar-refractivity contribution in [1.82, 2.24) is 9.97 Å². The van der Waals surface area contributed by atoms with E-state index in [1.807, 2.05) is 12.1 Å². The molecule has 2 aromatic carbocycles. The average molecular weight is 368 g/mol. The van der Waals surface area contributed by atoms with E-state index >= 15 is 0 Å². The SMILES string of the molecule is Cc1cc(C)nc(NC(=O)CN2c3cccc4cccc(c34)S2(=O)=O)n1. The number of hydrogen-bond acceptors (Lipinski definition) is 5. The Balaban J connectivity index is 1.67. The third-order valence-corrected chi connectivity index (χ3v) is 6.00. The molecule has 1 N–H and O–H groups in total. The molecule has 0 spiro atoms. The molecule has 1 amide bonds. The van der Waals surface area contributed by atoms with Crippen LogP contribution < -0.4 is 9.62 Å². The summed E-state index contributed by atoms with van der Waals surface area (Å²) in [6.07, 6.45) is 0. The molecule has 0 atom stereocenters. The minimum Gasteiger partial charge on any atom is -0.293 e. The van der Waals surface area contributed by atoms with Crippen LogP contribution in [-0.2, 0) is 14.8 Å². The molecule has 8 heteroatoms. The summed E-state index contributed by atoms with van der Waals surface area (Å²) < 4.78 is 26.9. The number of aromatic nitrogens is 2. The van der Waals surface area contributed by atoms with Gasteiger partial charge in [0.15, 0.2) is 0 Å². The molecule has 0 saturated carbocycles. The first kappa shape index (κ1) is 16.5. The van der Waals surface area contributed by atoms with Gasteiger partial charge in [0.1, 0.15) is 6.54 Å². The van der Waals surface area contributed by atoms with Crippen molar-refractivity contribution >= 4 is 38.3 Å². The van der Waals surface area contributed by atoms with Crippen LogP contribution in [0.3, 0.4) is 0 Å². The van der Waals surface area contributed by atoms with Gasteiger partial charge in [-0.15, -0.1) is 0 Å². The van der Waals surface area contributed by atoms with Crippen LogP contribution in [-0.4, -0.2) is 30.8 Å². The molecule has 1 aliphatic heterocycles. The fourth-order valence-corrected chi connectivity index (χ4v) is 4.87. The lowest BCUT2D eigenvalue weighted by Gasteiger charge is -2.18. The Morgan fingerprint density at radius 3 is 2.42 bits per heavy atom. The van der Waals surface area contributed by atoms with E-state index in [0.717, 1.165) is 21.1 Å². The van der Waals surface area contributed by atoms with Gasteiger partial charge in [-0.1, -0.05) is 24.3 Å². The number of benzene rings is 2. The van der Waals surface area contributed by atoms with Crippen LogP contribution in [0.15, 0.2) is 47.4 Å². The molecule has 132 valence electrons. The lowest BCUT2D eigenvalue weighted by atomic mass is 10.1. The molecular formula is C18H16N4O3S. The van der Waals surface area contributed by atoms with Crippen LogP contribution in [0.5, 0.6) is 0 Å². The molecule has 0 unspecified atom stereocenters. The van der Waals surface area contributed by atoms with Crippen molar-refractivity contribution in [2.24, 2.45) is 0 Å². The minimum atomic E-state index is -3.77. The molecule has 26 heavy (non-hydrogen) atoms. The molecule has 3 aromatic rings. The van der Waals surface area contributed by atoms with Crippen molar-refractivity contribution in [2.75, 3.05) is 16.2 Å². The highest BCUT2D eigenvalue weighted by molar-refractivity contribution is 7.93. The van der Waals surface area contributed by atoms with Gasteiger partial charge in [0.05, 0.1) is 10.6 Å². The van der Waals surface area contributed by atoms with Crippen LogP contribution in [0.1, 0.15) is 11.4 Å². The highest BCUT2D eigenvalue weighted by atomic mass is 32.2. The van der Waals surface area contributed by atoms with E-state index in [0.29, 0.717) is 11.1 Å². The molecule has 7 nitrogen and oxygen atoms in total. The Morgan fingerprint density at radius 1 is 1.08 bits per heavy atom. The van der Waals surface area contributed by atoms with Crippen molar-refractivity contribution in [3.05, 3.63) is 53.9 Å². The lowest BCUT2D eigenvalue weighted by Crippen LogP contribution is -2.36. The summed E-state index contributed by atoms with van der Waals surface area (Å²) in [4.78, 5) is 21.0. The topological polar surface area (TPSA) is 92.3 Å². The minimum absolute atomic E-state index is 0.166. The Labute approximate surface area is 150 Å². The predicted octanol–water partition coefficient (Wildman–Crippen LogP) is 2.39. The van der Waals surface area contributed by atoms with Crippen LogP contribution >= 0.6 is 0 Å². The third-order valence-electron chi connectivity index (χ3n) is 4.20. The van der Waals surface area contributed by atoms with Gasteiger partial charge in [-0.3, -0.25) is 14.4 Å². The first-order chi connectivity index (χ1) is 12.4. The Bertz CT molecular complexity index is 1130. The summed E-state index contributed by atoms with van der Waals surface area (Å²) in [5, 5.41) is 4.05. The van der Waals surface area contributed by atoms with Crippen LogP contribution in [0.2, 0.25) is 0 Å². The van der Waals surface area contributed by atoms with Crippen LogP contribution in [0.25, 0.3) is 10.8 Å². The number of rotatable bonds is 3. The number of aryl methyl sites for hydroxylation is 2. The predicted molar refractivity (Wildman–Crippen MR) is 98.6 cm³/mol. The molecule has 0 radical (unpaired) electrons. The average Bonchev–Trinajstić information content (AvgIpc) is 2.77. The molecule has 2 heterocycles. The maximum atomic E-state index is 12.9. The number of carbonyl (C=O) groups excluding carboxylic acids is 1. The first-order valence-electron chi connectivity index (χ1n) is 8.03. The Morgan fingerprint density at radius 2 is 1.73 bits per heavy atom. The van der Waals surface area contributed by atoms with E-state index in [1.54, 1.807) is 44.2 Å². The summed E-state index contributed by atoms with van der Waals surface area (Å²) in [5.74, 6) is -0.330. The van der Waals surface area contributed by atoms with Crippen molar-refractivity contribution in [3.8, 4) is 0 Å². The normalized spacial score (nSPS) is 14.6. The van der Waals surface area contributed by atoms with Gasteiger partial charge < -0.3 is 0 Å². The van der Waals surface area contributed by atoms with Crippen molar-refractivity contribution < 1.29 is 13.2 Å². The molecule has 0 saturated heterocycles. The number of hydrogen-bond donors (Lipinski definition) is 1. The van der Waals surface area contributed by atoms with E-state index in [-0.39, 0.29) is 17.4 Å². The summed E-state index contributed by atoms with van der Waals surface area (Å²) in [7, 11) is -3.77. The number of amides is 1. The molecule has 0 fully saturated rings. The van der Waals surface area contributed by atoms with E-state index in [2.05, 4.69) is 15.3 Å². The van der Waals surface area contributed by atoms with Gasteiger partial charge in [-0.2, -0.15) is 0 Å². The molecule has 1 aliphatic rings. The highest BCUT2D eigenvalue weighted by Crippen LogP contribution is 2.41. The number of sulfonamides is 1. The van der Waals surface area contributed by atoms with Gasteiger partial charge >= 0.3 is 0 Å². The first-order valence-corrected chi connectivity index (χ1v) is 9.47. The van der Waals surface area contributed by atoms with E-state index < -0.39 is 15.9 Å². The zero-order valence-electron chi connectivity index (χ0n) is 14.2. The smallest absolute Gasteiger partial charge is 0.265 e. The van der Waals surface area contributed by atoms with Crippen molar-refractivity contribution in [2.45, 2.75) is 18.7 Å². The summed E-state index contributed by atoms with van der Waals surface area (Å²) in [6, 6.07) is 12.2. The summed E-state index contributed by atoms with van der Waals surface area (Å²) in [6.45, 7) is 3.26. The van der Waals surface area contributed by atoms with Crippen LogP contribution in [0.4, 0.5) is 11.6 Å². The van der Waals surface area contributed by atoms with Gasteiger partial charge in [-0.25, -0.2) is 18.4 Å². The zero-order valence-corrected chi connectivity index (χ0v) is 15.0. The number of nitrogens with zero attached hydrogens (tertiary/aromatic N) is 3. The zero-order chi connectivity index (χ0) is 18.5. The van der Waals surface area contributed by atoms with Crippen molar-refractivity contribution in [3.63, 3.8) is 0 Å². The molecule has 0 aliphatic carbocycles. The third kappa shape index (κ3) is 2.59. The molecular weight excluding hydrogens is 352 g/mol. The largest absolute Gasteiger partial charge is 0.293 e. The highest BCUT2D eigenvalue weighted by Gasteiger charge is 2.36. The van der Waals surface area contributed by atoms with Crippen LogP contribution in [0, 0.1) is 13.8 Å². The van der Waals surface area contributed by atoms with E-state index in [9.17, 15) is 13.2 Å². The standard InChI is InChI=1S/C18H16N4O3S/c1-11-9-12(2)20-18(19-11)21-16(23)10-22-14-7-3-5-13-6-4-8-15(17(13)14)26(22,24)25/h3-9H,10H2,1-2H3,(H,19,20,21,23). The number of anilines is 2. The summed E-state index contributed by atoms with van der Waals surface area (Å²) >= 11 is 0. The lowest BCUT2D eigenvalue weighted by molar-refractivity contribution is -0.114. The maximum Gasteiger partial charge on any atom is 0.265 e. The number of nitrogens with one attached hydrogen (secondary N) is 1. The monoisotopic (exact) mass is 368 g/mol. The van der Waals surface area contributed by atoms with Crippen molar-refractivity contribution in [1.29, 1.82) is 0 Å². The van der Waals surface area contributed by atoms with E-state index in [1.165, 1.54) is 0 Å². The van der Waals surface area contributed by atoms with Gasteiger partial charge in [0.25, 0.3) is 10.0 Å². The fraction of sp³-hybridized carbons (Fsp3) is 0.167. The fourth-order valence-electron chi connectivity index (χ4n) is 3.21. The maximum absolute atomic E-state index is 12.9. The summed E-state index contributed by atoms with van der Waals surface area (Å²) in [5.41, 5.74) is 1.95. The Kier molecular flexibility index (Phi) is 3.66. The van der Waals surface area contributed by atoms with Gasteiger partial charge in [0, 0.05) is 16.8 Å². The molecule has 0 bridgehead atoms. The quantitative estimate of drug-likeness (QED) is 0.766. The van der Waals surface area contributed by atoms with E-state index in [4.69, 9.17) is 0 Å².